The largest absolute Gasteiger partial charge is 0.489 e. The van der Waals surface area contributed by atoms with Gasteiger partial charge in [0.1, 0.15) is 17.9 Å². The van der Waals surface area contributed by atoms with E-state index in [0.29, 0.717) is 18.7 Å². The van der Waals surface area contributed by atoms with Crippen LogP contribution in [0.15, 0.2) is 42.5 Å². The molecular formula is C28H31N5O2. The standard InChI is InChI=1S/C28H31N5O2/c29-16-21-6-3-4-10-31(21)28(34)20-13-22-26-25(15-20)35-12-11-32(26)27(30-22)24-14-19-5-1-2-7-23(19)33(24)17-18-8-9-18/h1-2,5,7,13-15,18,21H,3-4,6,8-12,16-17,29H2. The number of carbonyl (C=O) groups is 1. The van der Waals surface area contributed by atoms with Gasteiger partial charge in [0.2, 0.25) is 0 Å². The van der Waals surface area contributed by atoms with E-state index >= 15 is 0 Å². The van der Waals surface area contributed by atoms with Gasteiger partial charge in [0.25, 0.3) is 5.91 Å². The van der Waals surface area contributed by atoms with Crippen LogP contribution in [0.25, 0.3) is 33.5 Å². The van der Waals surface area contributed by atoms with Crippen molar-refractivity contribution in [2.45, 2.75) is 51.2 Å². The minimum atomic E-state index is 0.0337. The van der Waals surface area contributed by atoms with E-state index in [1.54, 1.807) is 0 Å². The topological polar surface area (TPSA) is 78.3 Å². The minimum Gasteiger partial charge on any atom is -0.489 e. The molecule has 2 fully saturated rings. The van der Waals surface area contributed by atoms with Crippen molar-refractivity contribution in [1.29, 1.82) is 0 Å². The van der Waals surface area contributed by atoms with Gasteiger partial charge in [-0.1, -0.05) is 18.2 Å². The Balaban J connectivity index is 1.36. The van der Waals surface area contributed by atoms with Gasteiger partial charge in [0.15, 0.2) is 5.82 Å². The summed E-state index contributed by atoms with van der Waals surface area (Å²) < 4.78 is 10.8. The van der Waals surface area contributed by atoms with E-state index in [0.717, 1.165) is 73.1 Å². The zero-order chi connectivity index (χ0) is 23.5. The number of fused-ring (bicyclic) bond motifs is 1. The molecule has 1 unspecified atom stereocenters. The molecule has 2 aromatic heterocycles. The number of aromatic nitrogens is 3. The fourth-order valence-corrected chi connectivity index (χ4v) is 5.95. The van der Waals surface area contributed by atoms with Crippen LogP contribution in [0.3, 0.4) is 0 Å². The molecule has 7 rings (SSSR count). The number of ether oxygens (including phenoxy) is 1. The highest BCUT2D eigenvalue weighted by Gasteiger charge is 2.30. The maximum absolute atomic E-state index is 13.5. The molecule has 2 aliphatic heterocycles. The quantitative estimate of drug-likeness (QED) is 0.470. The molecule has 0 bridgehead atoms. The number of nitrogens with two attached hydrogens (primary N) is 1. The predicted molar refractivity (Wildman–Crippen MR) is 137 cm³/mol. The lowest BCUT2D eigenvalue weighted by Gasteiger charge is -2.35. The van der Waals surface area contributed by atoms with Gasteiger partial charge in [-0.05, 0) is 62.3 Å². The van der Waals surface area contributed by atoms with Gasteiger partial charge in [-0.15, -0.1) is 0 Å². The smallest absolute Gasteiger partial charge is 0.254 e. The second-order valence-corrected chi connectivity index (χ2v) is 10.3. The van der Waals surface area contributed by atoms with Crippen molar-refractivity contribution in [3.8, 4) is 17.3 Å². The minimum absolute atomic E-state index is 0.0337. The molecule has 0 spiro atoms. The first-order valence-electron chi connectivity index (χ1n) is 13.0. The maximum Gasteiger partial charge on any atom is 0.254 e. The van der Waals surface area contributed by atoms with Gasteiger partial charge in [0, 0.05) is 42.1 Å². The second-order valence-electron chi connectivity index (χ2n) is 10.3. The van der Waals surface area contributed by atoms with E-state index in [4.69, 9.17) is 15.5 Å². The van der Waals surface area contributed by atoms with E-state index in [1.165, 1.54) is 23.7 Å². The van der Waals surface area contributed by atoms with Crippen LogP contribution in [0.4, 0.5) is 0 Å². The van der Waals surface area contributed by atoms with E-state index in [1.807, 2.05) is 17.0 Å². The molecule has 1 saturated heterocycles. The van der Waals surface area contributed by atoms with E-state index in [-0.39, 0.29) is 11.9 Å². The number of nitrogens with zero attached hydrogens (tertiary/aromatic N) is 4. The molecule has 1 saturated carbocycles. The normalized spacial score (nSPS) is 19.9. The molecule has 180 valence electrons. The summed E-state index contributed by atoms with van der Waals surface area (Å²) in [6.45, 7) is 3.60. The Bertz CT molecular complexity index is 1450. The zero-order valence-electron chi connectivity index (χ0n) is 19.9. The zero-order valence-corrected chi connectivity index (χ0v) is 19.9. The van der Waals surface area contributed by atoms with E-state index in [9.17, 15) is 4.79 Å². The Kier molecular flexibility index (Phi) is 4.87. The van der Waals surface area contributed by atoms with Crippen molar-refractivity contribution in [3.05, 3.63) is 48.0 Å². The first kappa shape index (κ1) is 21.0. The number of piperidine rings is 1. The fourth-order valence-electron chi connectivity index (χ4n) is 5.95. The fraction of sp³-hybridized carbons (Fsp3) is 0.429. The number of likely N-dealkylation sites (tertiary alicyclic amines) is 1. The van der Waals surface area contributed by atoms with Gasteiger partial charge in [0.05, 0.1) is 17.8 Å². The van der Waals surface area contributed by atoms with Crippen LogP contribution < -0.4 is 10.5 Å². The Hall–Kier alpha value is -3.32. The monoisotopic (exact) mass is 469 g/mol. The molecular weight excluding hydrogens is 438 g/mol. The first-order chi connectivity index (χ1) is 17.2. The average molecular weight is 470 g/mol. The Labute approximate surface area is 204 Å². The molecule has 2 aromatic carbocycles. The lowest BCUT2D eigenvalue weighted by molar-refractivity contribution is 0.0623. The Morgan fingerprint density at radius 1 is 1.09 bits per heavy atom. The molecule has 0 radical (unpaired) electrons. The van der Waals surface area contributed by atoms with Crippen LogP contribution in [0.1, 0.15) is 42.5 Å². The number of para-hydroxylation sites is 1. The lowest BCUT2D eigenvalue weighted by atomic mass is 10.0. The number of carbonyl (C=O) groups excluding carboxylic acids is 1. The van der Waals surface area contributed by atoms with Crippen molar-refractivity contribution in [2.24, 2.45) is 11.7 Å². The third kappa shape index (κ3) is 3.44. The van der Waals surface area contributed by atoms with Crippen LogP contribution in [0, 0.1) is 5.92 Å². The number of amides is 1. The van der Waals surface area contributed by atoms with Crippen LogP contribution in [0.2, 0.25) is 0 Å². The average Bonchev–Trinajstić information content (AvgIpc) is 3.55. The van der Waals surface area contributed by atoms with Gasteiger partial charge in [-0.3, -0.25) is 4.79 Å². The number of benzene rings is 2. The molecule has 35 heavy (non-hydrogen) atoms. The number of hydrogen-bond acceptors (Lipinski definition) is 4. The van der Waals surface area contributed by atoms with Crippen LogP contribution in [0.5, 0.6) is 5.75 Å². The summed E-state index contributed by atoms with van der Waals surface area (Å²) in [7, 11) is 0. The summed E-state index contributed by atoms with van der Waals surface area (Å²) in [6.07, 6.45) is 5.72. The molecule has 1 atom stereocenters. The highest BCUT2D eigenvalue weighted by Crippen LogP contribution is 2.39. The molecule has 1 amide bonds. The van der Waals surface area contributed by atoms with Crippen molar-refractivity contribution in [1.82, 2.24) is 19.0 Å². The van der Waals surface area contributed by atoms with Gasteiger partial charge >= 0.3 is 0 Å². The molecule has 4 aromatic rings. The highest BCUT2D eigenvalue weighted by molar-refractivity contribution is 6.00. The first-order valence-corrected chi connectivity index (χ1v) is 13.0. The summed E-state index contributed by atoms with van der Waals surface area (Å²) >= 11 is 0. The summed E-state index contributed by atoms with van der Waals surface area (Å²) in [5, 5.41) is 1.24. The molecule has 3 aliphatic rings. The predicted octanol–water partition coefficient (Wildman–Crippen LogP) is 4.41. The SMILES string of the molecule is NCC1CCCCN1C(=O)c1cc2c3c(c1)nc(-c1cc4ccccc4n1CC1CC1)n3CCO2. The summed E-state index contributed by atoms with van der Waals surface area (Å²) in [5.74, 6) is 2.50. The van der Waals surface area contributed by atoms with Crippen LogP contribution >= 0.6 is 0 Å². The number of hydrogen-bond donors (Lipinski definition) is 1. The van der Waals surface area contributed by atoms with Crippen molar-refractivity contribution in [3.63, 3.8) is 0 Å². The Morgan fingerprint density at radius 3 is 2.83 bits per heavy atom. The van der Waals surface area contributed by atoms with Crippen molar-refractivity contribution >= 4 is 27.8 Å². The van der Waals surface area contributed by atoms with Gasteiger partial charge < -0.3 is 24.5 Å². The number of rotatable bonds is 5. The molecule has 4 heterocycles. The molecule has 2 N–H and O–H groups in total. The summed E-state index contributed by atoms with van der Waals surface area (Å²) in [5.41, 5.74) is 10.9. The molecule has 7 nitrogen and oxygen atoms in total. The van der Waals surface area contributed by atoms with Crippen molar-refractivity contribution in [2.75, 3.05) is 19.7 Å². The molecule has 7 heteroatoms. The summed E-state index contributed by atoms with van der Waals surface area (Å²) in [6, 6.07) is 14.8. The van der Waals surface area contributed by atoms with E-state index in [2.05, 4.69) is 39.5 Å². The Morgan fingerprint density at radius 2 is 1.97 bits per heavy atom. The third-order valence-electron chi connectivity index (χ3n) is 7.96. The molecule has 1 aliphatic carbocycles. The third-order valence-corrected chi connectivity index (χ3v) is 7.96. The van der Waals surface area contributed by atoms with Gasteiger partial charge in [-0.25, -0.2) is 4.98 Å². The van der Waals surface area contributed by atoms with Crippen LogP contribution in [-0.4, -0.2) is 50.7 Å². The summed E-state index contributed by atoms with van der Waals surface area (Å²) in [4.78, 5) is 20.6. The van der Waals surface area contributed by atoms with Gasteiger partial charge in [-0.2, -0.15) is 0 Å². The number of imidazole rings is 1. The maximum atomic E-state index is 13.5. The van der Waals surface area contributed by atoms with Crippen LogP contribution in [-0.2, 0) is 13.1 Å². The second kappa shape index (κ2) is 8.12. The van der Waals surface area contributed by atoms with Crippen molar-refractivity contribution < 1.29 is 9.53 Å². The highest BCUT2D eigenvalue weighted by atomic mass is 16.5. The lowest BCUT2D eigenvalue weighted by Crippen LogP contribution is -2.47. The van der Waals surface area contributed by atoms with E-state index < -0.39 is 0 Å².